The smallest absolute Gasteiger partial charge is 0.134 e. The Bertz CT molecular complexity index is 256. The molecule has 0 rings (SSSR count). The summed E-state index contributed by atoms with van der Waals surface area (Å²) in [5, 5.41) is 0. The third-order valence-electron chi connectivity index (χ3n) is 3.03. The van der Waals surface area contributed by atoms with Crippen LogP contribution in [0.3, 0.4) is 0 Å². The molecule has 0 aliphatic heterocycles. The molecule has 1 heteroatoms. The van der Waals surface area contributed by atoms with E-state index < -0.39 is 11.1 Å². The molecule has 0 aliphatic carbocycles. The van der Waals surface area contributed by atoms with Gasteiger partial charge in [0.2, 0.25) is 0 Å². The van der Waals surface area contributed by atoms with Gasteiger partial charge in [-0.25, -0.2) is 4.39 Å². The van der Waals surface area contributed by atoms with Gasteiger partial charge >= 0.3 is 0 Å². The van der Waals surface area contributed by atoms with E-state index in [4.69, 9.17) is 0 Å². The molecular weight excluding hydrogens is 175 g/mol. The summed E-state index contributed by atoms with van der Waals surface area (Å²) in [6.07, 6.45) is 2.27. The average Bonchev–Trinajstić information content (AvgIpc) is 2.02. The molecule has 0 radical (unpaired) electrons. The Kier molecular flexibility index (Phi) is 3.87. The van der Waals surface area contributed by atoms with Gasteiger partial charge in [0.15, 0.2) is 0 Å². The second kappa shape index (κ2) is 4.12. The second-order valence-corrected chi connectivity index (χ2v) is 4.71. The molecule has 0 saturated heterocycles. The molecule has 0 aromatic rings. The predicted molar refractivity (Wildman–Crippen MR) is 62.1 cm³/mol. The minimum atomic E-state index is -1.38. The highest BCUT2D eigenvalue weighted by molar-refractivity contribution is 5.20. The van der Waals surface area contributed by atoms with Crippen LogP contribution in [0.1, 0.15) is 34.1 Å². The molecule has 0 aliphatic rings. The maximum Gasteiger partial charge on any atom is 0.134 e. The Morgan fingerprint density at radius 1 is 1.29 bits per heavy atom. The zero-order valence-corrected chi connectivity index (χ0v) is 9.78. The zero-order valence-electron chi connectivity index (χ0n) is 9.78. The molecule has 0 fully saturated rings. The lowest BCUT2D eigenvalue weighted by molar-refractivity contribution is 0.0714. The van der Waals surface area contributed by atoms with Crippen LogP contribution in [-0.4, -0.2) is 5.67 Å². The first-order valence-corrected chi connectivity index (χ1v) is 4.80. The van der Waals surface area contributed by atoms with Crippen molar-refractivity contribution in [2.75, 3.05) is 0 Å². The van der Waals surface area contributed by atoms with Crippen LogP contribution in [0.2, 0.25) is 0 Å². The Balaban J connectivity index is 4.85. The number of rotatable bonds is 5. The number of halogens is 1. The summed E-state index contributed by atoms with van der Waals surface area (Å²) >= 11 is 0. The predicted octanol–water partition coefficient (Wildman–Crippen LogP) is 4.45. The van der Waals surface area contributed by atoms with Crippen molar-refractivity contribution in [2.45, 2.75) is 39.8 Å². The van der Waals surface area contributed by atoms with Gasteiger partial charge in [-0.2, -0.15) is 0 Å². The fourth-order valence-corrected chi connectivity index (χ4v) is 1.38. The summed E-state index contributed by atoms with van der Waals surface area (Å²) in [5.74, 6) is 0. The van der Waals surface area contributed by atoms with Crippen molar-refractivity contribution < 1.29 is 4.39 Å². The SMILES string of the molecule is C=CC(=C)CC(C)(C)C(C)(F)C(=C)C. The second-order valence-electron chi connectivity index (χ2n) is 4.71. The quantitative estimate of drug-likeness (QED) is 0.450. The van der Waals surface area contributed by atoms with E-state index in [2.05, 4.69) is 19.7 Å². The summed E-state index contributed by atoms with van der Waals surface area (Å²) in [6.45, 7) is 18.2. The van der Waals surface area contributed by atoms with E-state index >= 15 is 0 Å². The van der Waals surface area contributed by atoms with Gasteiger partial charge in [0.1, 0.15) is 5.67 Å². The molecule has 0 aromatic carbocycles. The lowest BCUT2D eigenvalue weighted by atomic mass is 9.70. The lowest BCUT2D eigenvalue weighted by Gasteiger charge is -2.38. The number of allylic oxidation sites excluding steroid dienone is 3. The van der Waals surface area contributed by atoms with Crippen LogP contribution < -0.4 is 0 Å². The molecular formula is C13H21F. The largest absolute Gasteiger partial charge is 0.239 e. The summed E-state index contributed by atoms with van der Waals surface area (Å²) in [6, 6.07) is 0. The molecule has 0 N–H and O–H groups in total. The van der Waals surface area contributed by atoms with Crippen LogP contribution in [-0.2, 0) is 0 Å². The highest BCUT2D eigenvalue weighted by atomic mass is 19.1. The fourth-order valence-electron chi connectivity index (χ4n) is 1.38. The molecule has 1 unspecified atom stereocenters. The van der Waals surface area contributed by atoms with Crippen LogP contribution in [0.15, 0.2) is 37.0 Å². The highest BCUT2D eigenvalue weighted by Gasteiger charge is 2.41. The molecule has 1 atom stereocenters. The third-order valence-corrected chi connectivity index (χ3v) is 3.03. The Morgan fingerprint density at radius 2 is 1.71 bits per heavy atom. The van der Waals surface area contributed by atoms with Crippen molar-refractivity contribution >= 4 is 0 Å². The van der Waals surface area contributed by atoms with Gasteiger partial charge in [-0.1, -0.05) is 45.2 Å². The van der Waals surface area contributed by atoms with Crippen molar-refractivity contribution in [3.63, 3.8) is 0 Å². The van der Waals surface area contributed by atoms with Gasteiger partial charge in [-0.3, -0.25) is 0 Å². The van der Waals surface area contributed by atoms with Gasteiger partial charge in [-0.05, 0) is 25.8 Å². The zero-order chi connectivity index (χ0) is 11.6. The van der Waals surface area contributed by atoms with Crippen LogP contribution in [0.5, 0.6) is 0 Å². The van der Waals surface area contributed by atoms with Crippen molar-refractivity contribution in [3.8, 4) is 0 Å². The standard InChI is InChI=1S/C13H21F/c1-8-11(4)9-12(5,6)13(7,14)10(2)3/h8H,1-2,4,9H2,3,5-7H3. The summed E-state index contributed by atoms with van der Waals surface area (Å²) in [7, 11) is 0. The molecule has 0 nitrogen and oxygen atoms in total. The van der Waals surface area contributed by atoms with Crippen LogP contribution in [0, 0.1) is 5.41 Å². The van der Waals surface area contributed by atoms with E-state index in [0.29, 0.717) is 12.0 Å². The van der Waals surface area contributed by atoms with Crippen LogP contribution in [0.4, 0.5) is 4.39 Å². The van der Waals surface area contributed by atoms with E-state index in [-0.39, 0.29) is 0 Å². The number of hydrogen-bond donors (Lipinski definition) is 0. The Morgan fingerprint density at radius 3 is 2.00 bits per heavy atom. The Hall–Kier alpha value is -0.850. The molecule has 80 valence electrons. The summed E-state index contributed by atoms with van der Waals surface area (Å²) in [4.78, 5) is 0. The van der Waals surface area contributed by atoms with Gasteiger partial charge in [0.05, 0.1) is 0 Å². The first-order chi connectivity index (χ1) is 6.15. The lowest BCUT2D eigenvalue weighted by Crippen LogP contribution is -2.38. The molecule has 0 bridgehead atoms. The van der Waals surface area contributed by atoms with Crippen molar-refractivity contribution in [1.82, 2.24) is 0 Å². The van der Waals surface area contributed by atoms with Crippen LogP contribution in [0.25, 0.3) is 0 Å². The molecule has 0 heterocycles. The number of alkyl halides is 1. The van der Waals surface area contributed by atoms with E-state index in [1.165, 1.54) is 0 Å². The molecule has 0 spiro atoms. The van der Waals surface area contributed by atoms with Gasteiger partial charge in [-0.15, -0.1) is 0 Å². The Labute approximate surface area is 87.2 Å². The summed E-state index contributed by atoms with van der Waals surface area (Å²) < 4.78 is 14.3. The van der Waals surface area contributed by atoms with E-state index in [9.17, 15) is 4.39 Å². The van der Waals surface area contributed by atoms with Gasteiger partial charge < -0.3 is 0 Å². The average molecular weight is 196 g/mol. The van der Waals surface area contributed by atoms with E-state index in [1.807, 2.05) is 13.8 Å². The highest BCUT2D eigenvalue weighted by Crippen LogP contribution is 2.43. The van der Waals surface area contributed by atoms with Gasteiger partial charge in [0.25, 0.3) is 0 Å². The fraction of sp³-hybridized carbons (Fsp3) is 0.538. The van der Waals surface area contributed by atoms with Gasteiger partial charge in [0, 0.05) is 5.41 Å². The topological polar surface area (TPSA) is 0 Å². The minimum Gasteiger partial charge on any atom is -0.239 e. The maximum atomic E-state index is 14.3. The first kappa shape index (κ1) is 13.2. The van der Waals surface area contributed by atoms with Crippen LogP contribution >= 0.6 is 0 Å². The molecule has 14 heavy (non-hydrogen) atoms. The number of hydrogen-bond acceptors (Lipinski definition) is 0. The van der Waals surface area contributed by atoms with E-state index in [0.717, 1.165) is 5.57 Å². The van der Waals surface area contributed by atoms with Crippen molar-refractivity contribution in [2.24, 2.45) is 5.41 Å². The summed E-state index contributed by atoms with van der Waals surface area (Å²) in [5.41, 5.74) is -0.456. The minimum absolute atomic E-state index is 0.496. The van der Waals surface area contributed by atoms with Crippen molar-refractivity contribution in [1.29, 1.82) is 0 Å². The van der Waals surface area contributed by atoms with E-state index in [1.54, 1.807) is 19.9 Å². The third kappa shape index (κ3) is 2.57. The first-order valence-electron chi connectivity index (χ1n) is 4.80. The normalized spacial score (nSPS) is 15.8. The molecule has 0 amide bonds. The molecule has 0 aromatic heterocycles. The maximum absolute atomic E-state index is 14.3. The monoisotopic (exact) mass is 196 g/mol. The molecule has 0 saturated carbocycles. The van der Waals surface area contributed by atoms with Crippen molar-refractivity contribution in [3.05, 3.63) is 37.0 Å².